The van der Waals surface area contributed by atoms with Crippen LogP contribution in [0.5, 0.6) is 0 Å². The van der Waals surface area contributed by atoms with Crippen LogP contribution in [0.2, 0.25) is 5.02 Å². The molecule has 20 heavy (non-hydrogen) atoms. The summed E-state index contributed by atoms with van der Waals surface area (Å²) in [5.74, 6) is 1.85. The van der Waals surface area contributed by atoms with Crippen molar-refractivity contribution >= 4 is 17.4 Å². The summed E-state index contributed by atoms with van der Waals surface area (Å²) in [6, 6.07) is 8.24. The summed E-state index contributed by atoms with van der Waals surface area (Å²) < 4.78 is 2.23. The van der Waals surface area contributed by atoms with Gasteiger partial charge in [0.05, 0.1) is 0 Å². The Morgan fingerprint density at radius 3 is 2.30 bits per heavy atom. The van der Waals surface area contributed by atoms with E-state index in [1.807, 2.05) is 24.3 Å². The summed E-state index contributed by atoms with van der Waals surface area (Å²) in [4.78, 5) is 4.84. The Labute approximate surface area is 124 Å². The molecule has 0 saturated heterocycles. The molecule has 1 aromatic carbocycles. The van der Waals surface area contributed by atoms with Gasteiger partial charge < -0.3 is 10.3 Å². The molecule has 2 N–H and O–H groups in total. The third kappa shape index (κ3) is 2.31. The normalized spacial score (nSPS) is 15.6. The van der Waals surface area contributed by atoms with E-state index in [4.69, 9.17) is 22.3 Å². The molecule has 1 aliphatic rings. The quantitative estimate of drug-likeness (QED) is 0.889. The summed E-state index contributed by atoms with van der Waals surface area (Å²) in [5.41, 5.74) is 8.27. The second-order valence-corrected chi connectivity index (χ2v) is 6.96. The van der Waals surface area contributed by atoms with Gasteiger partial charge in [0.2, 0.25) is 0 Å². The molecule has 3 rings (SSSR count). The van der Waals surface area contributed by atoms with Crippen LogP contribution >= 0.6 is 11.6 Å². The second-order valence-electron chi connectivity index (χ2n) is 6.53. The largest absolute Gasteiger partial charge is 0.383 e. The van der Waals surface area contributed by atoms with Crippen LogP contribution in [0.4, 0.5) is 5.82 Å². The molecule has 1 heterocycles. The van der Waals surface area contributed by atoms with Gasteiger partial charge in [0.25, 0.3) is 0 Å². The Balaban J connectivity index is 2.15. The zero-order valence-electron chi connectivity index (χ0n) is 12.2. The molecule has 0 bridgehead atoms. The first-order valence-electron chi connectivity index (χ1n) is 7.02. The summed E-state index contributed by atoms with van der Waals surface area (Å²) >= 11 is 5.95. The molecule has 0 radical (unpaired) electrons. The van der Waals surface area contributed by atoms with Crippen molar-refractivity contribution in [1.29, 1.82) is 0 Å². The predicted octanol–water partition coefficient (Wildman–Crippen LogP) is 4.42. The Bertz CT molecular complexity index is 631. The van der Waals surface area contributed by atoms with E-state index in [9.17, 15) is 0 Å². The summed E-state index contributed by atoms with van der Waals surface area (Å²) in [6.07, 6.45) is 2.40. The van der Waals surface area contributed by atoms with Gasteiger partial charge in [0, 0.05) is 22.0 Å². The van der Waals surface area contributed by atoms with Crippen LogP contribution in [0.25, 0.3) is 11.3 Å². The molecule has 3 nitrogen and oxygen atoms in total. The van der Waals surface area contributed by atoms with E-state index in [1.54, 1.807) is 0 Å². The predicted molar refractivity (Wildman–Crippen MR) is 84.1 cm³/mol. The van der Waals surface area contributed by atoms with Crippen molar-refractivity contribution in [2.75, 3.05) is 5.73 Å². The third-order valence-corrected chi connectivity index (χ3v) is 3.90. The average Bonchev–Trinajstić information content (AvgIpc) is 3.13. The molecular weight excluding hydrogens is 270 g/mol. The maximum atomic E-state index is 6.38. The lowest BCUT2D eigenvalue weighted by atomic mass is 9.95. The number of imidazole rings is 1. The van der Waals surface area contributed by atoms with Crippen LogP contribution in [-0.4, -0.2) is 9.55 Å². The van der Waals surface area contributed by atoms with Gasteiger partial charge in [-0.25, -0.2) is 4.98 Å². The molecule has 1 saturated carbocycles. The van der Waals surface area contributed by atoms with Crippen molar-refractivity contribution in [1.82, 2.24) is 9.55 Å². The molecule has 1 aromatic heterocycles. The van der Waals surface area contributed by atoms with Gasteiger partial charge in [-0.3, -0.25) is 0 Å². The lowest BCUT2D eigenvalue weighted by Crippen LogP contribution is -2.19. The molecule has 2 aromatic rings. The third-order valence-electron chi connectivity index (χ3n) is 3.65. The highest BCUT2D eigenvalue weighted by Gasteiger charge is 2.34. The SMILES string of the molecule is CC(C)(C)c1nc(-c2ccc(Cl)cc2)c(N)n1C1CC1. The first-order chi connectivity index (χ1) is 9.38. The van der Waals surface area contributed by atoms with Crippen molar-refractivity contribution in [2.45, 2.75) is 45.1 Å². The minimum atomic E-state index is -0.0125. The van der Waals surface area contributed by atoms with Crippen molar-refractivity contribution in [2.24, 2.45) is 0 Å². The molecule has 0 aliphatic heterocycles. The van der Waals surface area contributed by atoms with Crippen LogP contribution in [0.3, 0.4) is 0 Å². The van der Waals surface area contributed by atoms with E-state index in [1.165, 1.54) is 12.8 Å². The number of anilines is 1. The molecule has 0 spiro atoms. The zero-order valence-corrected chi connectivity index (χ0v) is 12.9. The van der Waals surface area contributed by atoms with E-state index in [2.05, 4.69) is 25.3 Å². The molecule has 0 unspecified atom stereocenters. The Morgan fingerprint density at radius 1 is 1.20 bits per heavy atom. The van der Waals surface area contributed by atoms with E-state index >= 15 is 0 Å². The first-order valence-corrected chi connectivity index (χ1v) is 7.40. The van der Waals surface area contributed by atoms with Crippen LogP contribution in [0.1, 0.15) is 45.5 Å². The van der Waals surface area contributed by atoms with Crippen LogP contribution in [0, 0.1) is 0 Å². The number of benzene rings is 1. The summed E-state index contributed by atoms with van der Waals surface area (Å²) in [7, 11) is 0. The standard InChI is InChI=1S/C16H20ClN3/c1-16(2,3)15-19-13(10-4-6-11(17)7-5-10)14(18)20(15)12-8-9-12/h4-7,12H,8-9,18H2,1-3H3. The maximum Gasteiger partial charge on any atom is 0.132 e. The van der Waals surface area contributed by atoms with E-state index in [-0.39, 0.29) is 5.41 Å². The Kier molecular flexibility index (Phi) is 3.05. The summed E-state index contributed by atoms with van der Waals surface area (Å²) in [6.45, 7) is 6.54. The van der Waals surface area contributed by atoms with E-state index < -0.39 is 0 Å². The average molecular weight is 290 g/mol. The van der Waals surface area contributed by atoms with Crippen LogP contribution in [0.15, 0.2) is 24.3 Å². The van der Waals surface area contributed by atoms with Crippen molar-refractivity contribution in [3.8, 4) is 11.3 Å². The number of hydrogen-bond donors (Lipinski definition) is 1. The van der Waals surface area contributed by atoms with E-state index in [0.717, 1.165) is 27.9 Å². The lowest BCUT2D eigenvalue weighted by molar-refractivity contribution is 0.504. The fraction of sp³-hybridized carbons (Fsp3) is 0.438. The van der Waals surface area contributed by atoms with Gasteiger partial charge in [-0.2, -0.15) is 0 Å². The van der Waals surface area contributed by atoms with Gasteiger partial charge in [-0.05, 0) is 25.0 Å². The number of nitrogens with zero attached hydrogens (tertiary/aromatic N) is 2. The van der Waals surface area contributed by atoms with Gasteiger partial charge in [0.1, 0.15) is 17.3 Å². The minimum absolute atomic E-state index is 0.0125. The number of nitrogens with two attached hydrogens (primary N) is 1. The van der Waals surface area contributed by atoms with Crippen molar-refractivity contribution in [3.05, 3.63) is 35.1 Å². The molecule has 0 atom stereocenters. The van der Waals surface area contributed by atoms with Crippen molar-refractivity contribution in [3.63, 3.8) is 0 Å². The number of hydrogen-bond acceptors (Lipinski definition) is 2. The molecule has 1 aliphatic carbocycles. The molecule has 0 amide bonds. The maximum absolute atomic E-state index is 6.38. The van der Waals surface area contributed by atoms with Gasteiger partial charge >= 0.3 is 0 Å². The minimum Gasteiger partial charge on any atom is -0.383 e. The molecule has 1 fully saturated rings. The number of rotatable bonds is 2. The Hall–Kier alpha value is -1.48. The topological polar surface area (TPSA) is 43.8 Å². The lowest BCUT2D eigenvalue weighted by Gasteiger charge is -2.20. The molecule has 4 heteroatoms. The van der Waals surface area contributed by atoms with Gasteiger partial charge in [0.15, 0.2) is 0 Å². The highest BCUT2D eigenvalue weighted by molar-refractivity contribution is 6.30. The van der Waals surface area contributed by atoms with E-state index in [0.29, 0.717) is 6.04 Å². The van der Waals surface area contributed by atoms with Gasteiger partial charge in [-0.1, -0.05) is 44.5 Å². The number of halogens is 1. The highest BCUT2D eigenvalue weighted by atomic mass is 35.5. The molecule has 106 valence electrons. The van der Waals surface area contributed by atoms with Gasteiger partial charge in [-0.15, -0.1) is 0 Å². The first kappa shape index (κ1) is 13.5. The zero-order chi connectivity index (χ0) is 14.5. The monoisotopic (exact) mass is 289 g/mol. The van der Waals surface area contributed by atoms with Crippen LogP contribution in [-0.2, 0) is 5.41 Å². The second kappa shape index (κ2) is 4.52. The Morgan fingerprint density at radius 2 is 1.80 bits per heavy atom. The van der Waals surface area contributed by atoms with Crippen molar-refractivity contribution < 1.29 is 0 Å². The smallest absolute Gasteiger partial charge is 0.132 e. The van der Waals surface area contributed by atoms with Crippen LogP contribution < -0.4 is 5.73 Å². The fourth-order valence-corrected chi connectivity index (χ4v) is 2.62. The fourth-order valence-electron chi connectivity index (χ4n) is 2.50. The molecular formula is C16H20ClN3. The highest BCUT2D eigenvalue weighted by Crippen LogP contribution is 2.43. The summed E-state index contributed by atoms with van der Waals surface area (Å²) in [5, 5.41) is 0.727. The number of aromatic nitrogens is 2. The number of nitrogen functional groups attached to an aromatic ring is 1.